The number of benzene rings is 5. The standard InChI is InChI=1S/C26H26NSi.C15H12O2.Ir/c1-18-15-19(2)17-21(16-18)23-12-11-22-24(27-23)13-14-25(28(3,4)5)26(22)20-9-7-6-8-10-20;16-14(12-7-3-1-4-8-12)11-15(17)13-9-5-2-6-10-13;/h6-16H,1-5H3;1-11,16H;/q-1;;/b;14-11-;. The summed E-state index contributed by atoms with van der Waals surface area (Å²) < 4.78 is 0. The number of carbonyl (C=O) groups is 1. The number of aryl methyl sites for hydroxylation is 2. The van der Waals surface area contributed by atoms with E-state index in [9.17, 15) is 9.90 Å². The van der Waals surface area contributed by atoms with Crippen molar-refractivity contribution in [3.05, 3.63) is 162 Å². The Morgan fingerprint density at radius 1 is 0.739 bits per heavy atom. The zero-order valence-electron chi connectivity index (χ0n) is 26.8. The summed E-state index contributed by atoms with van der Waals surface area (Å²) in [4.78, 5) is 16.8. The molecule has 1 aromatic heterocycles. The van der Waals surface area contributed by atoms with Gasteiger partial charge in [-0.15, -0.1) is 34.9 Å². The van der Waals surface area contributed by atoms with Crippen LogP contribution in [0.1, 0.15) is 27.0 Å². The molecule has 0 aliphatic heterocycles. The maximum Gasteiger partial charge on any atom is 0.189 e. The summed E-state index contributed by atoms with van der Waals surface area (Å²) in [6.45, 7) is 11.4. The van der Waals surface area contributed by atoms with E-state index in [0.29, 0.717) is 11.1 Å². The molecule has 6 rings (SSSR count). The first-order chi connectivity index (χ1) is 21.6. The maximum absolute atomic E-state index is 11.8. The summed E-state index contributed by atoms with van der Waals surface area (Å²) in [6, 6.07) is 45.3. The minimum atomic E-state index is -1.50. The van der Waals surface area contributed by atoms with Gasteiger partial charge < -0.3 is 5.11 Å². The molecule has 3 nitrogen and oxygen atoms in total. The van der Waals surface area contributed by atoms with E-state index >= 15 is 0 Å². The largest absolute Gasteiger partial charge is 0.507 e. The van der Waals surface area contributed by atoms with Gasteiger partial charge in [-0.25, -0.2) is 0 Å². The second-order valence-corrected chi connectivity index (χ2v) is 17.3. The second-order valence-electron chi connectivity index (χ2n) is 12.2. The van der Waals surface area contributed by atoms with Crippen LogP contribution in [0.25, 0.3) is 39.0 Å². The number of pyridine rings is 1. The van der Waals surface area contributed by atoms with Crippen molar-refractivity contribution in [2.45, 2.75) is 33.5 Å². The zero-order valence-corrected chi connectivity index (χ0v) is 30.2. The number of ketones is 1. The van der Waals surface area contributed by atoms with Gasteiger partial charge in [-0.3, -0.25) is 9.78 Å². The molecule has 0 spiro atoms. The van der Waals surface area contributed by atoms with Gasteiger partial charge in [0, 0.05) is 42.7 Å². The number of aliphatic hydroxyl groups excluding tert-OH is 1. The summed E-state index contributed by atoms with van der Waals surface area (Å²) in [5.74, 6) is -0.216. The van der Waals surface area contributed by atoms with Crippen LogP contribution in [0.4, 0.5) is 0 Å². The van der Waals surface area contributed by atoms with E-state index in [1.54, 1.807) is 36.4 Å². The van der Waals surface area contributed by atoms with Crippen molar-refractivity contribution in [2.24, 2.45) is 0 Å². The molecular formula is C41H38IrNO2Si-. The Morgan fingerprint density at radius 3 is 1.91 bits per heavy atom. The molecule has 0 amide bonds. The fourth-order valence-electron chi connectivity index (χ4n) is 5.43. The monoisotopic (exact) mass is 797 g/mol. The van der Waals surface area contributed by atoms with Gasteiger partial charge in [-0.1, -0.05) is 148 Å². The molecule has 0 aliphatic rings. The Labute approximate surface area is 287 Å². The van der Waals surface area contributed by atoms with Crippen LogP contribution in [0.2, 0.25) is 19.6 Å². The van der Waals surface area contributed by atoms with Crippen molar-refractivity contribution >= 4 is 35.7 Å². The minimum Gasteiger partial charge on any atom is -0.507 e. The molecule has 5 aromatic carbocycles. The summed E-state index contributed by atoms with van der Waals surface area (Å²) in [5, 5.41) is 12.5. The van der Waals surface area contributed by atoms with Crippen molar-refractivity contribution in [2.75, 3.05) is 0 Å². The first-order valence-corrected chi connectivity index (χ1v) is 18.7. The van der Waals surface area contributed by atoms with E-state index in [0.717, 1.165) is 22.3 Å². The average Bonchev–Trinajstić information content (AvgIpc) is 3.04. The number of rotatable bonds is 6. The maximum atomic E-state index is 11.8. The van der Waals surface area contributed by atoms with E-state index in [-0.39, 0.29) is 31.6 Å². The van der Waals surface area contributed by atoms with Gasteiger partial charge in [0.15, 0.2) is 5.78 Å². The SMILES string of the molecule is Cc1[c-]c(-c2ccc3c(-c4ccccc4)c([Si](C)(C)C)ccc3n2)cc(C)c1.O=C(/C=C(\O)c1ccccc1)c1ccccc1.[Ir]. The van der Waals surface area contributed by atoms with Crippen LogP contribution in [0, 0.1) is 19.9 Å². The Hall–Kier alpha value is -4.41. The zero-order chi connectivity index (χ0) is 32.0. The molecule has 46 heavy (non-hydrogen) atoms. The number of aromatic nitrogens is 1. The molecule has 0 atom stereocenters. The number of carbonyl (C=O) groups excluding carboxylic acids is 1. The molecule has 1 radical (unpaired) electrons. The molecule has 0 bridgehead atoms. The predicted octanol–water partition coefficient (Wildman–Crippen LogP) is 10.00. The van der Waals surface area contributed by atoms with Gasteiger partial charge in [0.1, 0.15) is 5.76 Å². The molecule has 1 heterocycles. The van der Waals surface area contributed by atoms with Crippen LogP contribution >= 0.6 is 0 Å². The molecule has 5 heteroatoms. The van der Waals surface area contributed by atoms with Crippen LogP contribution in [0.3, 0.4) is 0 Å². The van der Waals surface area contributed by atoms with E-state index in [1.165, 1.54) is 33.3 Å². The number of nitrogens with zero attached hydrogens (tertiary/aromatic N) is 1. The Kier molecular flexibility index (Phi) is 11.4. The molecule has 0 aliphatic carbocycles. The van der Waals surface area contributed by atoms with Crippen molar-refractivity contribution < 1.29 is 30.0 Å². The first kappa shape index (κ1) is 34.5. The molecule has 6 aromatic rings. The summed E-state index contributed by atoms with van der Waals surface area (Å²) in [5.41, 5.74) is 9.31. The molecule has 0 unspecified atom stereocenters. The van der Waals surface area contributed by atoms with Gasteiger partial charge in [-0.2, -0.15) is 0 Å². The second kappa shape index (κ2) is 15.2. The van der Waals surface area contributed by atoms with Crippen molar-refractivity contribution in [3.63, 3.8) is 0 Å². The van der Waals surface area contributed by atoms with E-state index in [2.05, 4.69) is 106 Å². The fraction of sp³-hybridized carbons (Fsp3) is 0.122. The molecule has 0 fully saturated rings. The van der Waals surface area contributed by atoms with E-state index in [4.69, 9.17) is 4.98 Å². The molecule has 233 valence electrons. The van der Waals surface area contributed by atoms with Gasteiger partial charge in [0.25, 0.3) is 0 Å². The fourth-order valence-corrected chi connectivity index (χ4v) is 7.04. The van der Waals surface area contributed by atoms with Crippen molar-refractivity contribution in [1.82, 2.24) is 4.98 Å². The van der Waals surface area contributed by atoms with Gasteiger partial charge >= 0.3 is 0 Å². The summed E-state index contributed by atoms with van der Waals surface area (Å²) in [6.07, 6.45) is 1.24. The predicted molar refractivity (Wildman–Crippen MR) is 192 cm³/mol. The Balaban J connectivity index is 0.000000230. The number of hydrogen-bond acceptors (Lipinski definition) is 3. The number of allylic oxidation sites excluding steroid dienone is 1. The first-order valence-electron chi connectivity index (χ1n) is 15.2. The third-order valence-electron chi connectivity index (χ3n) is 7.56. The minimum absolute atomic E-state index is 0. The number of fused-ring (bicyclic) bond motifs is 1. The average molecular weight is 797 g/mol. The summed E-state index contributed by atoms with van der Waals surface area (Å²) >= 11 is 0. The van der Waals surface area contributed by atoms with Gasteiger partial charge in [0.2, 0.25) is 0 Å². The van der Waals surface area contributed by atoms with Crippen LogP contribution in [-0.2, 0) is 20.1 Å². The van der Waals surface area contributed by atoms with E-state index < -0.39 is 8.07 Å². The van der Waals surface area contributed by atoms with E-state index in [1.807, 2.05) is 24.3 Å². The molecule has 0 saturated heterocycles. The van der Waals surface area contributed by atoms with Crippen molar-refractivity contribution in [3.8, 4) is 22.4 Å². The quantitative estimate of drug-likeness (QED) is 0.0601. The molecule has 1 N–H and O–H groups in total. The third-order valence-corrected chi connectivity index (χ3v) is 9.59. The third kappa shape index (κ3) is 8.44. The number of aliphatic hydroxyl groups is 1. The Morgan fingerprint density at radius 2 is 1.33 bits per heavy atom. The van der Waals surface area contributed by atoms with Crippen LogP contribution < -0.4 is 5.19 Å². The molecule has 0 saturated carbocycles. The number of hydrogen-bond donors (Lipinski definition) is 1. The van der Waals surface area contributed by atoms with Crippen LogP contribution in [0.5, 0.6) is 0 Å². The van der Waals surface area contributed by atoms with Gasteiger partial charge in [-0.05, 0) is 22.9 Å². The topological polar surface area (TPSA) is 50.2 Å². The summed E-state index contributed by atoms with van der Waals surface area (Å²) in [7, 11) is -1.50. The van der Waals surface area contributed by atoms with Crippen LogP contribution in [-0.4, -0.2) is 23.9 Å². The normalized spacial score (nSPS) is 11.3. The van der Waals surface area contributed by atoms with Crippen molar-refractivity contribution in [1.29, 1.82) is 0 Å². The molecular weight excluding hydrogens is 759 g/mol. The van der Waals surface area contributed by atoms with Gasteiger partial charge in [0.05, 0.1) is 13.6 Å². The Bertz CT molecular complexity index is 1950. The smallest absolute Gasteiger partial charge is 0.189 e. The van der Waals surface area contributed by atoms with Crippen LogP contribution in [0.15, 0.2) is 133 Å².